The van der Waals surface area contributed by atoms with Crippen LogP contribution in [-0.4, -0.2) is 31.3 Å². The summed E-state index contributed by atoms with van der Waals surface area (Å²) < 4.78 is 4.11. The topological polar surface area (TPSA) is 64.7 Å². The Morgan fingerprint density at radius 3 is 2.96 bits per heavy atom. The summed E-state index contributed by atoms with van der Waals surface area (Å²) in [4.78, 5) is 16.8. The van der Waals surface area contributed by atoms with Crippen LogP contribution in [0, 0.1) is 0 Å². The zero-order chi connectivity index (χ0) is 15.6. The second-order valence-corrected chi connectivity index (χ2v) is 6.71. The molecule has 0 aromatic carbocycles. The van der Waals surface area contributed by atoms with Crippen LogP contribution in [0.3, 0.4) is 0 Å². The third-order valence-electron chi connectivity index (χ3n) is 5.08. The highest BCUT2D eigenvalue weighted by Crippen LogP contribution is 2.27. The van der Waals surface area contributed by atoms with Crippen LogP contribution in [0.2, 0.25) is 0 Å². The first kappa shape index (κ1) is 14.5. The normalized spacial score (nSPS) is 21.8. The Balaban J connectivity index is 1.39. The van der Waals surface area contributed by atoms with Crippen LogP contribution in [0.25, 0.3) is 0 Å². The molecule has 1 atom stereocenters. The molecule has 1 fully saturated rings. The molecule has 6 nitrogen and oxygen atoms in total. The molecule has 2 aromatic rings. The van der Waals surface area contributed by atoms with Crippen LogP contribution in [0.15, 0.2) is 24.8 Å². The van der Waals surface area contributed by atoms with Crippen molar-refractivity contribution in [3.8, 4) is 0 Å². The molecule has 1 amide bonds. The number of carbonyl (C=O) groups is 1. The van der Waals surface area contributed by atoms with Gasteiger partial charge in [-0.05, 0) is 19.3 Å². The number of aromatic nitrogens is 4. The summed E-state index contributed by atoms with van der Waals surface area (Å²) in [5, 5.41) is 7.56. The molecule has 0 saturated heterocycles. The Kier molecular flexibility index (Phi) is 3.89. The predicted molar refractivity (Wildman–Crippen MR) is 86.2 cm³/mol. The fraction of sp³-hybridized carbons (Fsp3) is 0.588. The molecule has 23 heavy (non-hydrogen) atoms. The predicted octanol–water partition coefficient (Wildman–Crippen LogP) is 2.33. The van der Waals surface area contributed by atoms with E-state index in [1.165, 1.54) is 32.1 Å². The first-order chi connectivity index (χ1) is 11.3. The first-order valence-corrected chi connectivity index (χ1v) is 8.64. The standard InChI is InChI=1S/C17H23N5O/c23-17(20-14-6-7-16-18-8-9-21(16)12-14)13-10-19-22(11-13)15-4-2-1-3-5-15/h8-11,14-15H,1-7,12H2,(H,20,23). The van der Waals surface area contributed by atoms with Gasteiger partial charge in [-0.25, -0.2) is 4.98 Å². The minimum atomic E-state index is -0.0133. The van der Waals surface area contributed by atoms with Crippen molar-refractivity contribution in [1.82, 2.24) is 24.6 Å². The highest BCUT2D eigenvalue weighted by atomic mass is 16.1. The quantitative estimate of drug-likeness (QED) is 0.946. The van der Waals surface area contributed by atoms with Crippen LogP contribution in [0.1, 0.15) is 60.7 Å². The van der Waals surface area contributed by atoms with Gasteiger partial charge in [0.15, 0.2) is 0 Å². The van der Waals surface area contributed by atoms with Gasteiger partial charge in [0.25, 0.3) is 5.91 Å². The van der Waals surface area contributed by atoms with Gasteiger partial charge in [0.05, 0.1) is 17.8 Å². The molecular weight excluding hydrogens is 290 g/mol. The van der Waals surface area contributed by atoms with Crippen molar-refractivity contribution in [2.45, 2.75) is 63.6 Å². The van der Waals surface area contributed by atoms with Crippen molar-refractivity contribution in [3.05, 3.63) is 36.2 Å². The summed E-state index contributed by atoms with van der Waals surface area (Å²) in [6.45, 7) is 0.803. The van der Waals surface area contributed by atoms with E-state index in [9.17, 15) is 4.79 Å². The van der Waals surface area contributed by atoms with Crippen molar-refractivity contribution in [2.24, 2.45) is 0 Å². The van der Waals surface area contributed by atoms with Gasteiger partial charge in [0.1, 0.15) is 5.82 Å². The average Bonchev–Trinajstić information content (AvgIpc) is 3.24. The molecule has 1 saturated carbocycles. The zero-order valence-electron chi connectivity index (χ0n) is 13.3. The molecule has 0 radical (unpaired) electrons. The SMILES string of the molecule is O=C(NC1CCc2nccn2C1)c1cnn(C2CCCCC2)c1. The highest BCUT2D eigenvalue weighted by molar-refractivity contribution is 5.93. The van der Waals surface area contributed by atoms with E-state index in [0.29, 0.717) is 11.6 Å². The lowest BCUT2D eigenvalue weighted by Gasteiger charge is -2.24. The highest BCUT2D eigenvalue weighted by Gasteiger charge is 2.22. The first-order valence-electron chi connectivity index (χ1n) is 8.64. The molecular formula is C17H23N5O. The maximum Gasteiger partial charge on any atom is 0.254 e. The number of fused-ring (bicyclic) bond motifs is 1. The smallest absolute Gasteiger partial charge is 0.254 e. The fourth-order valence-corrected chi connectivity index (χ4v) is 3.75. The molecule has 3 heterocycles. The van der Waals surface area contributed by atoms with Crippen LogP contribution in [0.5, 0.6) is 0 Å². The van der Waals surface area contributed by atoms with Gasteiger partial charge in [0, 0.05) is 37.6 Å². The van der Waals surface area contributed by atoms with Gasteiger partial charge in [0.2, 0.25) is 0 Å². The lowest BCUT2D eigenvalue weighted by Crippen LogP contribution is -2.40. The van der Waals surface area contributed by atoms with Crippen molar-refractivity contribution >= 4 is 5.91 Å². The van der Waals surface area contributed by atoms with Crippen LogP contribution in [0.4, 0.5) is 0 Å². The molecule has 0 bridgehead atoms. The molecule has 122 valence electrons. The third kappa shape index (κ3) is 3.02. The molecule has 0 spiro atoms. The Morgan fingerprint density at radius 1 is 1.22 bits per heavy atom. The zero-order valence-corrected chi connectivity index (χ0v) is 13.3. The van der Waals surface area contributed by atoms with E-state index in [0.717, 1.165) is 25.2 Å². The Labute approximate surface area is 135 Å². The van der Waals surface area contributed by atoms with E-state index < -0.39 is 0 Å². The molecule has 1 aliphatic heterocycles. The number of imidazole rings is 1. The van der Waals surface area contributed by atoms with Gasteiger partial charge in [-0.15, -0.1) is 0 Å². The largest absolute Gasteiger partial charge is 0.347 e. The van der Waals surface area contributed by atoms with Crippen LogP contribution >= 0.6 is 0 Å². The van der Waals surface area contributed by atoms with E-state index in [4.69, 9.17) is 0 Å². The summed E-state index contributed by atoms with van der Waals surface area (Å²) in [6.07, 6.45) is 15.5. The van der Waals surface area contributed by atoms with Gasteiger partial charge in [-0.3, -0.25) is 9.48 Å². The summed E-state index contributed by atoms with van der Waals surface area (Å²) in [5.74, 6) is 1.10. The van der Waals surface area contributed by atoms with E-state index in [2.05, 4.69) is 20.0 Å². The third-order valence-corrected chi connectivity index (χ3v) is 5.08. The second-order valence-electron chi connectivity index (χ2n) is 6.71. The molecule has 6 heteroatoms. The fourth-order valence-electron chi connectivity index (χ4n) is 3.75. The van der Waals surface area contributed by atoms with E-state index in [1.54, 1.807) is 6.20 Å². The minimum Gasteiger partial charge on any atom is -0.347 e. The van der Waals surface area contributed by atoms with E-state index in [-0.39, 0.29) is 11.9 Å². The summed E-state index contributed by atoms with van der Waals surface area (Å²) in [6, 6.07) is 0.635. The molecule has 1 unspecified atom stereocenters. The average molecular weight is 313 g/mol. The maximum atomic E-state index is 12.5. The minimum absolute atomic E-state index is 0.0133. The van der Waals surface area contributed by atoms with Crippen LogP contribution in [-0.2, 0) is 13.0 Å². The number of aryl methyl sites for hydroxylation is 1. The lowest BCUT2D eigenvalue weighted by atomic mass is 9.96. The lowest BCUT2D eigenvalue weighted by molar-refractivity contribution is 0.0927. The molecule has 1 aliphatic carbocycles. The molecule has 4 rings (SSSR count). The molecule has 2 aromatic heterocycles. The van der Waals surface area contributed by atoms with Crippen LogP contribution < -0.4 is 5.32 Å². The van der Waals surface area contributed by atoms with Crippen molar-refractivity contribution in [3.63, 3.8) is 0 Å². The van der Waals surface area contributed by atoms with Gasteiger partial charge < -0.3 is 9.88 Å². The maximum absolute atomic E-state index is 12.5. The summed E-state index contributed by atoms with van der Waals surface area (Å²) in [7, 11) is 0. The number of rotatable bonds is 3. The number of nitrogens with one attached hydrogen (secondary N) is 1. The van der Waals surface area contributed by atoms with Crippen molar-refractivity contribution in [2.75, 3.05) is 0 Å². The van der Waals surface area contributed by atoms with Crippen molar-refractivity contribution < 1.29 is 4.79 Å². The number of amides is 1. The van der Waals surface area contributed by atoms with Gasteiger partial charge >= 0.3 is 0 Å². The van der Waals surface area contributed by atoms with Crippen molar-refractivity contribution in [1.29, 1.82) is 0 Å². The number of hydrogen-bond acceptors (Lipinski definition) is 3. The summed E-state index contributed by atoms with van der Waals surface area (Å²) >= 11 is 0. The van der Waals surface area contributed by atoms with E-state index >= 15 is 0 Å². The monoisotopic (exact) mass is 313 g/mol. The number of nitrogens with zero attached hydrogens (tertiary/aromatic N) is 4. The van der Waals surface area contributed by atoms with Gasteiger partial charge in [-0.1, -0.05) is 19.3 Å². The number of carbonyl (C=O) groups excluding carboxylic acids is 1. The van der Waals surface area contributed by atoms with E-state index in [1.807, 2.05) is 23.3 Å². The number of hydrogen-bond donors (Lipinski definition) is 1. The Morgan fingerprint density at radius 2 is 2.09 bits per heavy atom. The van der Waals surface area contributed by atoms with Gasteiger partial charge in [-0.2, -0.15) is 5.10 Å². The Bertz CT molecular complexity index is 683. The second kappa shape index (κ2) is 6.18. The summed E-state index contributed by atoms with van der Waals surface area (Å²) in [5.41, 5.74) is 0.673. The molecule has 1 N–H and O–H groups in total. The Hall–Kier alpha value is -2.11. The molecule has 2 aliphatic rings.